The number of carbonyl (C=O) groups excluding carboxylic acids is 3. The Kier molecular flexibility index (Phi) is 7.46. The Bertz CT molecular complexity index is 1460. The number of methoxy groups -OCH3 is 2. The molecule has 0 fully saturated rings. The number of amides is 1. The molecule has 2 heterocycles. The lowest BCUT2D eigenvalue weighted by atomic mass is 9.95. The third-order valence-corrected chi connectivity index (χ3v) is 7.39. The van der Waals surface area contributed by atoms with Crippen molar-refractivity contribution in [2.75, 3.05) is 19.1 Å². The molecule has 190 valence electrons. The van der Waals surface area contributed by atoms with Crippen molar-refractivity contribution in [3.8, 4) is 11.5 Å². The fourth-order valence-corrected chi connectivity index (χ4v) is 5.34. The molecule has 4 rings (SSSR count). The lowest BCUT2D eigenvalue weighted by molar-refractivity contribution is -0.117. The van der Waals surface area contributed by atoms with Gasteiger partial charge in [-0.25, -0.2) is 9.78 Å². The zero-order chi connectivity index (χ0) is 26.9. The minimum Gasteiger partial charge on any atom is -0.503 e. The third-order valence-electron chi connectivity index (χ3n) is 5.65. The molecule has 0 saturated heterocycles. The van der Waals surface area contributed by atoms with Crippen LogP contribution in [0.5, 0.6) is 11.5 Å². The predicted molar refractivity (Wildman–Crippen MR) is 141 cm³/mol. The number of benzene rings is 2. The van der Waals surface area contributed by atoms with E-state index in [1.165, 1.54) is 32.4 Å². The van der Waals surface area contributed by atoms with Crippen molar-refractivity contribution in [1.82, 2.24) is 4.98 Å². The lowest BCUT2D eigenvalue weighted by Gasteiger charge is -2.25. The minimum atomic E-state index is -1.14. The molecule has 0 saturated carbocycles. The van der Waals surface area contributed by atoms with Crippen LogP contribution < -0.4 is 9.64 Å². The van der Waals surface area contributed by atoms with E-state index in [0.29, 0.717) is 11.3 Å². The fourth-order valence-electron chi connectivity index (χ4n) is 3.87. The Morgan fingerprint density at radius 1 is 1.16 bits per heavy atom. The molecule has 1 atom stereocenters. The number of nitrogens with zero attached hydrogens (tertiary/aromatic N) is 2. The van der Waals surface area contributed by atoms with Crippen molar-refractivity contribution < 1.29 is 34.1 Å². The molecule has 0 bridgehead atoms. The smallest absolute Gasteiger partial charge is 0.350 e. The number of rotatable bonds is 7. The van der Waals surface area contributed by atoms with Crippen LogP contribution >= 0.6 is 27.3 Å². The van der Waals surface area contributed by atoms with Crippen LogP contribution in [-0.4, -0.2) is 47.1 Å². The number of hydrogen-bond acceptors (Lipinski definition) is 9. The normalized spacial score (nSPS) is 15.5. The van der Waals surface area contributed by atoms with Gasteiger partial charge in [-0.2, -0.15) is 0 Å². The molecule has 1 aliphatic heterocycles. The van der Waals surface area contributed by atoms with E-state index in [-0.39, 0.29) is 31.6 Å². The Hall–Kier alpha value is -3.96. The minimum absolute atomic E-state index is 0.0810. The third kappa shape index (κ3) is 4.87. The lowest BCUT2D eigenvalue weighted by Crippen LogP contribution is -2.31. The first-order valence-corrected chi connectivity index (χ1v) is 12.4. The van der Waals surface area contributed by atoms with E-state index in [2.05, 4.69) is 20.9 Å². The van der Waals surface area contributed by atoms with Crippen molar-refractivity contribution in [2.24, 2.45) is 0 Å². The number of allylic oxidation sites excluding steroid dienone is 1. The van der Waals surface area contributed by atoms with Gasteiger partial charge >= 0.3 is 5.97 Å². The summed E-state index contributed by atoms with van der Waals surface area (Å²) in [5.41, 5.74) is 1.24. The first kappa shape index (κ1) is 26.1. The van der Waals surface area contributed by atoms with E-state index >= 15 is 0 Å². The predicted octanol–water partition coefficient (Wildman–Crippen LogP) is 4.90. The van der Waals surface area contributed by atoms with Gasteiger partial charge in [0.05, 0.1) is 36.0 Å². The van der Waals surface area contributed by atoms with Gasteiger partial charge in [0.2, 0.25) is 0 Å². The van der Waals surface area contributed by atoms with Gasteiger partial charge in [0.1, 0.15) is 4.88 Å². The van der Waals surface area contributed by atoms with Gasteiger partial charge in [0.25, 0.3) is 5.91 Å². The van der Waals surface area contributed by atoms with Gasteiger partial charge in [-0.05, 0) is 52.2 Å². The number of ether oxygens (including phenoxy) is 2. The molecule has 3 aromatic rings. The van der Waals surface area contributed by atoms with E-state index < -0.39 is 29.5 Å². The number of carbonyl (C=O) groups is 3. The number of anilines is 1. The summed E-state index contributed by atoms with van der Waals surface area (Å²) in [6.07, 6.45) is 2.84. The number of hydrogen-bond donors (Lipinski definition) is 2. The van der Waals surface area contributed by atoms with Gasteiger partial charge < -0.3 is 19.7 Å². The fraction of sp³-hybridized carbons (Fsp3) is 0.154. The Balaban J connectivity index is 1.87. The summed E-state index contributed by atoms with van der Waals surface area (Å²) in [6, 6.07) is 10.9. The average Bonchev–Trinajstić information content (AvgIpc) is 3.40. The highest BCUT2D eigenvalue weighted by atomic mass is 79.9. The zero-order valence-electron chi connectivity index (χ0n) is 19.9. The topological polar surface area (TPSA) is 126 Å². The number of aliphatic hydroxyl groups excluding tert-OH is 1. The molecule has 0 spiro atoms. The number of phenolic OH excluding ortho intramolecular Hbond substituents is 1. The molecule has 0 aliphatic carbocycles. The van der Waals surface area contributed by atoms with E-state index in [1.807, 2.05) is 18.2 Å². The highest BCUT2D eigenvalue weighted by Gasteiger charge is 2.46. The van der Waals surface area contributed by atoms with E-state index in [4.69, 9.17) is 9.47 Å². The van der Waals surface area contributed by atoms with Crippen molar-refractivity contribution >= 4 is 56.1 Å². The summed E-state index contributed by atoms with van der Waals surface area (Å²) in [5.74, 6) is -2.94. The monoisotopic (exact) mass is 584 g/mol. The quantitative estimate of drug-likeness (QED) is 0.296. The number of thiazole rings is 1. The van der Waals surface area contributed by atoms with Crippen LogP contribution in [0.25, 0.3) is 6.08 Å². The van der Waals surface area contributed by atoms with Crippen molar-refractivity contribution in [3.63, 3.8) is 0 Å². The van der Waals surface area contributed by atoms with Crippen molar-refractivity contribution in [2.45, 2.75) is 13.0 Å². The highest BCUT2D eigenvalue weighted by Crippen LogP contribution is 2.46. The largest absolute Gasteiger partial charge is 0.503 e. The number of esters is 1. The molecule has 1 aromatic heterocycles. The second-order valence-corrected chi connectivity index (χ2v) is 9.74. The first-order valence-electron chi connectivity index (χ1n) is 10.8. The Morgan fingerprint density at radius 3 is 2.51 bits per heavy atom. The SMILES string of the molecule is COC(=O)c1sc(N2C(=O)C(O)=C(C(=O)/C=C/c3ccccc3)C2c2cc(Br)c(O)c(OC)c2)nc1C. The Labute approximate surface area is 224 Å². The molecule has 1 aliphatic rings. The van der Waals surface area contributed by atoms with Crippen LogP contribution in [0.15, 0.2) is 64.3 Å². The molecular formula is C26H21BrN2O7S. The maximum Gasteiger partial charge on any atom is 0.350 e. The maximum atomic E-state index is 13.4. The number of phenols is 1. The Morgan fingerprint density at radius 2 is 1.86 bits per heavy atom. The molecule has 0 radical (unpaired) electrons. The molecule has 9 nitrogen and oxygen atoms in total. The average molecular weight is 585 g/mol. The molecule has 2 aromatic carbocycles. The second kappa shape index (κ2) is 10.6. The molecule has 37 heavy (non-hydrogen) atoms. The highest BCUT2D eigenvalue weighted by molar-refractivity contribution is 9.10. The van der Waals surface area contributed by atoms with Crippen LogP contribution in [0.4, 0.5) is 5.13 Å². The summed E-state index contributed by atoms with van der Waals surface area (Å²) < 4.78 is 10.3. The molecule has 1 unspecified atom stereocenters. The molecule has 11 heteroatoms. The van der Waals surface area contributed by atoms with E-state index in [0.717, 1.165) is 21.8 Å². The van der Waals surface area contributed by atoms with Crippen molar-refractivity contribution in [1.29, 1.82) is 0 Å². The number of aromatic nitrogens is 1. The summed E-state index contributed by atoms with van der Waals surface area (Å²) in [6.45, 7) is 1.59. The van der Waals surface area contributed by atoms with E-state index in [9.17, 15) is 24.6 Å². The number of halogens is 1. The zero-order valence-corrected chi connectivity index (χ0v) is 22.3. The van der Waals surface area contributed by atoms with E-state index in [1.54, 1.807) is 25.1 Å². The first-order chi connectivity index (χ1) is 17.7. The number of ketones is 1. The number of aliphatic hydroxyl groups is 1. The molecular weight excluding hydrogens is 564 g/mol. The number of aryl methyl sites for hydroxylation is 1. The second-order valence-electron chi connectivity index (χ2n) is 7.90. The molecule has 2 N–H and O–H groups in total. The van der Waals surface area contributed by atoms with Gasteiger partial charge in [-0.3, -0.25) is 14.5 Å². The standard InChI is InChI=1S/C26H21BrN2O7S/c1-13-23(25(34)36-3)37-26(28-13)29-20(15-11-16(27)21(31)18(12-15)35-2)19(22(32)24(29)33)17(30)10-9-14-7-5-4-6-8-14/h4-12,20,31-32H,1-3H3/b10-9+. The van der Waals surface area contributed by atoms with Crippen LogP contribution in [-0.2, 0) is 14.3 Å². The van der Waals surface area contributed by atoms with Crippen LogP contribution in [0.2, 0.25) is 0 Å². The van der Waals surface area contributed by atoms with Gasteiger partial charge in [-0.15, -0.1) is 0 Å². The van der Waals surface area contributed by atoms with Crippen LogP contribution in [0.1, 0.15) is 32.5 Å². The summed E-state index contributed by atoms with van der Waals surface area (Å²) in [4.78, 5) is 44.6. The summed E-state index contributed by atoms with van der Waals surface area (Å²) in [7, 11) is 2.59. The van der Waals surface area contributed by atoms with Crippen LogP contribution in [0.3, 0.4) is 0 Å². The summed E-state index contributed by atoms with van der Waals surface area (Å²) in [5, 5.41) is 21.3. The van der Waals surface area contributed by atoms with Gasteiger partial charge in [0, 0.05) is 0 Å². The van der Waals surface area contributed by atoms with Gasteiger partial charge in [-0.1, -0.05) is 47.7 Å². The van der Waals surface area contributed by atoms with Crippen LogP contribution in [0, 0.1) is 6.92 Å². The van der Waals surface area contributed by atoms with Crippen molar-refractivity contribution in [3.05, 3.63) is 86.0 Å². The maximum absolute atomic E-state index is 13.4. The number of aromatic hydroxyl groups is 1. The molecule has 1 amide bonds. The van der Waals surface area contributed by atoms with Gasteiger partial charge in [0.15, 0.2) is 28.2 Å². The summed E-state index contributed by atoms with van der Waals surface area (Å²) >= 11 is 4.16.